The van der Waals surface area contributed by atoms with Crippen LogP contribution >= 0.6 is 0 Å². The van der Waals surface area contributed by atoms with Crippen molar-refractivity contribution in [2.75, 3.05) is 7.11 Å². The maximum absolute atomic E-state index is 11.1. The van der Waals surface area contributed by atoms with Gasteiger partial charge in [-0.1, -0.05) is 23.4 Å². The molecule has 6 nitrogen and oxygen atoms in total. The molecule has 0 aliphatic rings. The lowest BCUT2D eigenvalue weighted by atomic mass is 10.2. The Morgan fingerprint density at radius 3 is 2.60 bits per heavy atom. The largest absolute Gasteiger partial charge is 0.497 e. The summed E-state index contributed by atoms with van der Waals surface area (Å²) in [5.74, 6) is 5.36. The molecule has 0 heterocycles. The van der Waals surface area contributed by atoms with Gasteiger partial charge in [0.25, 0.3) is 5.91 Å². The molecular weight excluding hydrogens is 258 g/mol. The van der Waals surface area contributed by atoms with Gasteiger partial charge in [-0.05, 0) is 37.6 Å². The molecule has 1 aromatic rings. The molecule has 1 rings (SSSR count). The highest BCUT2D eigenvalue weighted by Crippen LogP contribution is 2.12. The second kappa shape index (κ2) is 7.96. The van der Waals surface area contributed by atoms with Crippen LogP contribution in [0.25, 0.3) is 6.08 Å². The fraction of sp³-hybridized carbons (Fsp3) is 0.286. The summed E-state index contributed by atoms with van der Waals surface area (Å²) in [7, 11) is 1.62. The van der Waals surface area contributed by atoms with Crippen LogP contribution in [0.5, 0.6) is 5.75 Å². The molecule has 1 aromatic carbocycles. The molecule has 1 amide bonds. The van der Waals surface area contributed by atoms with E-state index in [2.05, 4.69) is 5.16 Å². The lowest BCUT2D eigenvalue weighted by Gasteiger charge is -2.07. The molecule has 0 aliphatic carbocycles. The first-order valence-corrected chi connectivity index (χ1v) is 6.10. The third-order valence-corrected chi connectivity index (χ3v) is 2.50. The summed E-state index contributed by atoms with van der Waals surface area (Å²) >= 11 is 0. The predicted molar refractivity (Wildman–Crippen MR) is 78.0 cm³/mol. The third kappa shape index (κ3) is 5.11. The topological polar surface area (TPSA) is 85.9 Å². The summed E-state index contributed by atoms with van der Waals surface area (Å²) in [6.07, 6.45) is 2.94. The van der Waals surface area contributed by atoms with Crippen LogP contribution in [0.3, 0.4) is 0 Å². The zero-order valence-corrected chi connectivity index (χ0v) is 11.8. The molecule has 3 N–H and O–H groups in total. The van der Waals surface area contributed by atoms with Crippen molar-refractivity contribution < 1.29 is 14.4 Å². The van der Waals surface area contributed by atoms with Crippen LogP contribution in [-0.2, 0) is 9.63 Å². The second-order valence-corrected chi connectivity index (χ2v) is 4.10. The number of rotatable bonds is 6. The summed E-state index contributed by atoms with van der Waals surface area (Å²) in [4.78, 5) is 16.1. The molecule has 1 unspecified atom stereocenters. The van der Waals surface area contributed by atoms with Crippen LogP contribution < -0.4 is 16.0 Å². The number of carbonyl (C=O) groups excluding carboxylic acids is 1. The van der Waals surface area contributed by atoms with Crippen molar-refractivity contribution in [1.82, 2.24) is 5.43 Å². The molecule has 0 saturated carbocycles. The Bertz CT molecular complexity index is 495. The highest BCUT2D eigenvalue weighted by Gasteiger charge is 2.11. The lowest BCUT2D eigenvalue weighted by molar-refractivity contribution is -0.131. The highest BCUT2D eigenvalue weighted by molar-refractivity contribution is 5.96. The molecule has 0 spiro atoms. The number of benzene rings is 1. The van der Waals surface area contributed by atoms with Gasteiger partial charge in [0.15, 0.2) is 0 Å². The number of amides is 1. The SMILES string of the molecule is COc1ccc(/C=C/C(C)=N/OC(C)C(=O)NN)cc1. The zero-order chi connectivity index (χ0) is 15.0. The normalized spacial score (nSPS) is 13.1. The van der Waals surface area contributed by atoms with Crippen molar-refractivity contribution >= 4 is 17.7 Å². The van der Waals surface area contributed by atoms with Gasteiger partial charge < -0.3 is 9.57 Å². The van der Waals surface area contributed by atoms with E-state index in [1.807, 2.05) is 35.8 Å². The molecular formula is C14H19N3O3. The number of hydrazine groups is 1. The maximum Gasteiger partial charge on any atom is 0.277 e. The number of allylic oxidation sites excluding steroid dienone is 1. The van der Waals surface area contributed by atoms with Gasteiger partial charge in [-0.25, -0.2) is 5.84 Å². The zero-order valence-electron chi connectivity index (χ0n) is 11.8. The number of nitrogens with two attached hydrogens (primary N) is 1. The average Bonchev–Trinajstić information content (AvgIpc) is 2.50. The molecule has 0 saturated heterocycles. The van der Waals surface area contributed by atoms with E-state index in [0.29, 0.717) is 5.71 Å². The lowest BCUT2D eigenvalue weighted by Crippen LogP contribution is -2.38. The molecule has 0 bridgehead atoms. The van der Waals surface area contributed by atoms with Gasteiger partial charge in [-0.2, -0.15) is 0 Å². The predicted octanol–water partition coefficient (Wildman–Crippen LogP) is 1.48. The Morgan fingerprint density at radius 1 is 1.40 bits per heavy atom. The van der Waals surface area contributed by atoms with E-state index in [0.717, 1.165) is 11.3 Å². The van der Waals surface area contributed by atoms with Gasteiger partial charge >= 0.3 is 0 Å². The number of hydrogen-bond donors (Lipinski definition) is 2. The van der Waals surface area contributed by atoms with Gasteiger partial charge in [0.05, 0.1) is 12.8 Å². The molecule has 20 heavy (non-hydrogen) atoms. The van der Waals surface area contributed by atoms with E-state index in [1.54, 1.807) is 27.0 Å². The minimum Gasteiger partial charge on any atom is -0.497 e. The Labute approximate surface area is 118 Å². The van der Waals surface area contributed by atoms with E-state index in [-0.39, 0.29) is 0 Å². The number of oxime groups is 1. The Hall–Kier alpha value is -2.34. The molecule has 0 aromatic heterocycles. The van der Waals surface area contributed by atoms with Crippen LogP contribution in [0.15, 0.2) is 35.5 Å². The molecule has 0 radical (unpaired) electrons. The van der Waals surface area contributed by atoms with Gasteiger partial charge in [-0.15, -0.1) is 0 Å². The monoisotopic (exact) mass is 277 g/mol. The molecule has 1 atom stereocenters. The number of methoxy groups -OCH3 is 1. The van der Waals surface area contributed by atoms with Crippen molar-refractivity contribution in [3.05, 3.63) is 35.9 Å². The van der Waals surface area contributed by atoms with Gasteiger partial charge in [0, 0.05) is 0 Å². The van der Waals surface area contributed by atoms with Crippen LogP contribution in [0.2, 0.25) is 0 Å². The third-order valence-electron chi connectivity index (χ3n) is 2.50. The number of ether oxygens (including phenoxy) is 1. The quantitative estimate of drug-likeness (QED) is 0.357. The van der Waals surface area contributed by atoms with Gasteiger partial charge in [0.2, 0.25) is 6.10 Å². The minimum absolute atomic E-state index is 0.430. The number of hydrogen-bond acceptors (Lipinski definition) is 5. The molecule has 6 heteroatoms. The maximum atomic E-state index is 11.1. The van der Waals surface area contributed by atoms with Crippen molar-refractivity contribution in [2.45, 2.75) is 20.0 Å². The van der Waals surface area contributed by atoms with E-state index >= 15 is 0 Å². The number of carbonyl (C=O) groups is 1. The van der Waals surface area contributed by atoms with E-state index < -0.39 is 12.0 Å². The van der Waals surface area contributed by atoms with E-state index in [9.17, 15) is 4.79 Å². The van der Waals surface area contributed by atoms with E-state index in [4.69, 9.17) is 15.4 Å². The van der Waals surface area contributed by atoms with Crippen molar-refractivity contribution in [2.24, 2.45) is 11.0 Å². The summed E-state index contributed by atoms with van der Waals surface area (Å²) in [5, 5.41) is 3.83. The first kappa shape index (κ1) is 15.7. The summed E-state index contributed by atoms with van der Waals surface area (Å²) < 4.78 is 5.08. The van der Waals surface area contributed by atoms with Crippen molar-refractivity contribution in [3.8, 4) is 5.75 Å². The molecule has 108 valence electrons. The Kier molecular flexibility index (Phi) is 6.25. The average molecular weight is 277 g/mol. The second-order valence-electron chi connectivity index (χ2n) is 4.10. The Balaban J connectivity index is 2.57. The standard InChI is InChI=1S/C14H19N3O3/c1-10(17-20-11(2)14(18)16-15)4-5-12-6-8-13(19-3)9-7-12/h4-9,11H,15H2,1-3H3,(H,16,18)/b5-4+,17-10+. The fourth-order valence-electron chi connectivity index (χ4n) is 1.29. The van der Waals surface area contributed by atoms with Crippen molar-refractivity contribution in [1.29, 1.82) is 0 Å². The summed E-state index contributed by atoms with van der Waals surface area (Å²) in [6.45, 7) is 3.33. The minimum atomic E-state index is -0.732. The van der Waals surface area contributed by atoms with Crippen LogP contribution in [0.1, 0.15) is 19.4 Å². The fourth-order valence-corrected chi connectivity index (χ4v) is 1.29. The summed E-state index contributed by atoms with van der Waals surface area (Å²) in [6, 6.07) is 7.59. The number of nitrogens with zero attached hydrogens (tertiary/aromatic N) is 1. The van der Waals surface area contributed by atoms with E-state index in [1.165, 1.54) is 0 Å². The number of nitrogens with one attached hydrogen (secondary N) is 1. The van der Waals surface area contributed by atoms with Crippen molar-refractivity contribution in [3.63, 3.8) is 0 Å². The van der Waals surface area contributed by atoms with Crippen LogP contribution in [0, 0.1) is 0 Å². The van der Waals surface area contributed by atoms with Crippen LogP contribution in [-0.4, -0.2) is 24.8 Å². The smallest absolute Gasteiger partial charge is 0.277 e. The highest BCUT2D eigenvalue weighted by atomic mass is 16.6. The van der Waals surface area contributed by atoms with Gasteiger partial charge in [0.1, 0.15) is 5.75 Å². The molecule has 0 aliphatic heterocycles. The summed E-state index contributed by atoms with van der Waals surface area (Å²) in [5.41, 5.74) is 3.64. The first-order chi connectivity index (χ1) is 9.56. The molecule has 0 fully saturated rings. The van der Waals surface area contributed by atoms with Crippen LogP contribution in [0.4, 0.5) is 0 Å². The first-order valence-electron chi connectivity index (χ1n) is 6.10. The Morgan fingerprint density at radius 2 is 2.05 bits per heavy atom. The van der Waals surface area contributed by atoms with Gasteiger partial charge in [-0.3, -0.25) is 10.2 Å².